The molecule has 1 atom stereocenters. The Balaban J connectivity index is 2.20. The lowest BCUT2D eigenvalue weighted by molar-refractivity contribution is 0.692. The highest BCUT2D eigenvalue weighted by molar-refractivity contribution is 9.10. The van der Waals surface area contributed by atoms with E-state index in [0.717, 1.165) is 10.9 Å². The Morgan fingerprint density at radius 2 is 1.72 bits per heavy atom. The molecular weight excluding hydrogens is 286 g/mol. The molecule has 2 aromatic carbocycles. The number of hydrogen-bond donors (Lipinski definition) is 1. The lowest BCUT2D eigenvalue weighted by Gasteiger charge is -2.16. The quantitative estimate of drug-likeness (QED) is 0.906. The molecule has 0 aliphatic carbocycles. The zero-order valence-electron chi connectivity index (χ0n) is 10.6. The second kappa shape index (κ2) is 6.17. The van der Waals surface area contributed by atoms with E-state index in [9.17, 15) is 0 Å². The van der Waals surface area contributed by atoms with Gasteiger partial charge in [-0.2, -0.15) is 0 Å². The molecule has 0 saturated carbocycles. The van der Waals surface area contributed by atoms with Gasteiger partial charge in [0.25, 0.3) is 0 Å². The van der Waals surface area contributed by atoms with Crippen molar-refractivity contribution in [3.8, 4) is 0 Å². The van der Waals surface area contributed by atoms with E-state index in [4.69, 9.17) is 5.73 Å². The second-order valence-electron chi connectivity index (χ2n) is 4.61. The van der Waals surface area contributed by atoms with E-state index in [1.54, 1.807) is 0 Å². The summed E-state index contributed by atoms with van der Waals surface area (Å²) < 4.78 is 1.11. The van der Waals surface area contributed by atoms with E-state index in [0.29, 0.717) is 12.5 Å². The normalized spacial score (nSPS) is 12.4. The first-order valence-corrected chi connectivity index (χ1v) is 7.00. The van der Waals surface area contributed by atoms with Crippen molar-refractivity contribution in [2.75, 3.05) is 6.54 Å². The molecule has 2 aromatic rings. The van der Waals surface area contributed by atoms with Gasteiger partial charge < -0.3 is 5.73 Å². The maximum Gasteiger partial charge on any atom is 0.0175 e. The molecule has 0 aliphatic rings. The summed E-state index contributed by atoms with van der Waals surface area (Å²) in [4.78, 5) is 0. The van der Waals surface area contributed by atoms with Gasteiger partial charge in [-0.05, 0) is 48.7 Å². The van der Waals surface area contributed by atoms with Crippen molar-refractivity contribution in [3.63, 3.8) is 0 Å². The van der Waals surface area contributed by atoms with Gasteiger partial charge in [-0.25, -0.2) is 0 Å². The van der Waals surface area contributed by atoms with Gasteiger partial charge in [0.2, 0.25) is 0 Å². The molecule has 0 aromatic heterocycles. The van der Waals surface area contributed by atoms with Crippen LogP contribution in [0.3, 0.4) is 0 Å². The minimum Gasteiger partial charge on any atom is -0.330 e. The van der Waals surface area contributed by atoms with Crippen LogP contribution in [0.4, 0.5) is 0 Å². The zero-order chi connectivity index (χ0) is 13.0. The summed E-state index contributed by atoms with van der Waals surface area (Å²) in [5.41, 5.74) is 9.96. The molecule has 0 spiro atoms. The lowest BCUT2D eigenvalue weighted by Crippen LogP contribution is -2.15. The fourth-order valence-electron chi connectivity index (χ4n) is 2.18. The third-order valence-electron chi connectivity index (χ3n) is 3.35. The van der Waals surface area contributed by atoms with Gasteiger partial charge in [0.05, 0.1) is 0 Å². The Bertz CT molecular complexity index is 505. The van der Waals surface area contributed by atoms with E-state index in [2.05, 4.69) is 71.4 Å². The van der Waals surface area contributed by atoms with Crippen molar-refractivity contribution < 1.29 is 0 Å². The topological polar surface area (TPSA) is 26.0 Å². The number of nitrogens with two attached hydrogens (primary N) is 1. The maximum atomic E-state index is 5.93. The summed E-state index contributed by atoms with van der Waals surface area (Å²) in [7, 11) is 0. The molecule has 0 amide bonds. The van der Waals surface area contributed by atoms with Crippen molar-refractivity contribution in [2.45, 2.75) is 19.3 Å². The molecule has 2 heteroatoms. The third kappa shape index (κ3) is 3.21. The van der Waals surface area contributed by atoms with E-state index in [-0.39, 0.29) is 0 Å². The average molecular weight is 304 g/mol. The molecule has 2 N–H and O–H groups in total. The minimum atomic E-state index is 0.388. The van der Waals surface area contributed by atoms with Crippen LogP contribution in [-0.2, 0) is 6.42 Å². The van der Waals surface area contributed by atoms with Crippen LogP contribution in [0.25, 0.3) is 0 Å². The summed E-state index contributed by atoms with van der Waals surface area (Å²) in [6.07, 6.45) is 1.00. The highest BCUT2D eigenvalue weighted by Gasteiger charge is 2.11. The number of rotatable bonds is 4. The van der Waals surface area contributed by atoms with Gasteiger partial charge in [0.15, 0.2) is 0 Å². The first kappa shape index (κ1) is 13.3. The molecule has 1 unspecified atom stereocenters. The second-order valence-corrected chi connectivity index (χ2v) is 5.53. The molecule has 18 heavy (non-hydrogen) atoms. The van der Waals surface area contributed by atoms with Crippen molar-refractivity contribution in [1.29, 1.82) is 0 Å². The van der Waals surface area contributed by atoms with Gasteiger partial charge in [-0.3, -0.25) is 0 Å². The monoisotopic (exact) mass is 303 g/mol. The van der Waals surface area contributed by atoms with E-state index in [1.807, 2.05) is 0 Å². The number of halogens is 1. The Morgan fingerprint density at radius 3 is 2.33 bits per heavy atom. The van der Waals surface area contributed by atoms with E-state index in [1.165, 1.54) is 16.7 Å². The van der Waals surface area contributed by atoms with Crippen LogP contribution in [0.2, 0.25) is 0 Å². The van der Waals surface area contributed by atoms with Crippen LogP contribution in [0.5, 0.6) is 0 Å². The molecule has 94 valence electrons. The largest absolute Gasteiger partial charge is 0.330 e. The fraction of sp³-hybridized carbons (Fsp3) is 0.250. The zero-order valence-corrected chi connectivity index (χ0v) is 12.2. The Hall–Kier alpha value is -1.12. The van der Waals surface area contributed by atoms with E-state index < -0.39 is 0 Å². The summed E-state index contributed by atoms with van der Waals surface area (Å²) in [6, 6.07) is 17.0. The molecule has 0 bridgehead atoms. The van der Waals surface area contributed by atoms with Crippen molar-refractivity contribution >= 4 is 15.9 Å². The Labute approximate surface area is 117 Å². The Kier molecular flexibility index (Phi) is 4.56. The van der Waals surface area contributed by atoms with Gasteiger partial charge in [-0.1, -0.05) is 52.3 Å². The van der Waals surface area contributed by atoms with Crippen LogP contribution >= 0.6 is 15.9 Å². The third-order valence-corrected chi connectivity index (χ3v) is 3.88. The molecule has 0 radical (unpaired) electrons. The van der Waals surface area contributed by atoms with Crippen LogP contribution in [-0.4, -0.2) is 6.54 Å². The standard InChI is InChI=1S/C16H18BrN/c1-12-4-2-3-5-14(12)10-15(11-18)13-6-8-16(17)9-7-13/h2-9,15H,10-11,18H2,1H3. The molecule has 2 rings (SSSR count). The SMILES string of the molecule is Cc1ccccc1CC(CN)c1ccc(Br)cc1. The van der Waals surface area contributed by atoms with Crippen molar-refractivity contribution in [2.24, 2.45) is 5.73 Å². The van der Waals surface area contributed by atoms with Gasteiger partial charge in [-0.15, -0.1) is 0 Å². The minimum absolute atomic E-state index is 0.388. The predicted molar refractivity (Wildman–Crippen MR) is 80.8 cm³/mol. The molecule has 0 aliphatic heterocycles. The van der Waals surface area contributed by atoms with Crippen molar-refractivity contribution in [3.05, 3.63) is 69.7 Å². The van der Waals surface area contributed by atoms with Crippen LogP contribution in [0.1, 0.15) is 22.6 Å². The summed E-state index contributed by atoms with van der Waals surface area (Å²) in [6.45, 7) is 2.83. The van der Waals surface area contributed by atoms with Crippen LogP contribution in [0.15, 0.2) is 53.0 Å². The molecule has 0 heterocycles. The summed E-state index contributed by atoms with van der Waals surface area (Å²) >= 11 is 3.46. The highest BCUT2D eigenvalue weighted by atomic mass is 79.9. The Morgan fingerprint density at radius 1 is 1.06 bits per heavy atom. The molecule has 0 fully saturated rings. The van der Waals surface area contributed by atoms with Gasteiger partial charge >= 0.3 is 0 Å². The van der Waals surface area contributed by atoms with E-state index >= 15 is 0 Å². The van der Waals surface area contributed by atoms with Crippen molar-refractivity contribution in [1.82, 2.24) is 0 Å². The molecular formula is C16H18BrN. The average Bonchev–Trinajstić information content (AvgIpc) is 2.39. The van der Waals surface area contributed by atoms with Crippen LogP contribution in [0, 0.1) is 6.92 Å². The first-order valence-electron chi connectivity index (χ1n) is 6.20. The number of aryl methyl sites for hydroxylation is 1. The van der Waals surface area contributed by atoms with Gasteiger partial charge in [0.1, 0.15) is 0 Å². The molecule has 1 nitrogen and oxygen atoms in total. The maximum absolute atomic E-state index is 5.93. The van der Waals surface area contributed by atoms with Gasteiger partial charge in [0, 0.05) is 10.4 Å². The number of benzene rings is 2. The summed E-state index contributed by atoms with van der Waals surface area (Å²) in [5, 5.41) is 0. The predicted octanol–water partition coefficient (Wildman–Crippen LogP) is 4.04. The highest BCUT2D eigenvalue weighted by Crippen LogP contribution is 2.23. The first-order chi connectivity index (χ1) is 8.70. The lowest BCUT2D eigenvalue weighted by atomic mass is 9.90. The molecule has 0 saturated heterocycles. The van der Waals surface area contributed by atoms with Crippen LogP contribution < -0.4 is 5.73 Å². The summed E-state index contributed by atoms with van der Waals surface area (Å²) in [5.74, 6) is 0.388. The smallest absolute Gasteiger partial charge is 0.0175 e. The fourth-order valence-corrected chi connectivity index (χ4v) is 2.44. The number of hydrogen-bond acceptors (Lipinski definition) is 1.